The lowest BCUT2D eigenvalue weighted by Crippen LogP contribution is -2.45. The molecule has 0 radical (unpaired) electrons. The Hall–Kier alpha value is -1.56. The topological polar surface area (TPSA) is 36.4 Å². The molecule has 1 aromatic carbocycles. The Morgan fingerprint density at radius 3 is 2.41 bits per heavy atom. The van der Waals surface area contributed by atoms with Crippen molar-refractivity contribution < 1.29 is 13.2 Å². The molecule has 0 aromatic heterocycles. The minimum Gasteiger partial charge on any atom is -0.370 e. The molecule has 1 saturated carbocycles. The van der Waals surface area contributed by atoms with Crippen LogP contribution in [-0.4, -0.2) is 25.0 Å². The van der Waals surface area contributed by atoms with Gasteiger partial charge in [-0.05, 0) is 30.5 Å². The van der Waals surface area contributed by atoms with E-state index in [0.717, 1.165) is 42.9 Å². The summed E-state index contributed by atoms with van der Waals surface area (Å²) in [6.45, 7) is 1.44. The zero-order valence-corrected chi connectivity index (χ0v) is 12.3. The molecule has 0 amide bonds. The average molecular weight is 311 g/mol. The van der Waals surface area contributed by atoms with Gasteiger partial charge in [0, 0.05) is 12.6 Å². The van der Waals surface area contributed by atoms with E-state index in [1.165, 1.54) is 25.0 Å². The van der Waals surface area contributed by atoms with Crippen LogP contribution in [0.25, 0.3) is 0 Å². The van der Waals surface area contributed by atoms with Crippen LogP contribution in [0.4, 0.5) is 13.2 Å². The van der Waals surface area contributed by atoms with Crippen molar-refractivity contribution >= 4 is 5.84 Å². The summed E-state index contributed by atoms with van der Waals surface area (Å²) in [5, 5.41) is 6.82. The molecule has 0 saturated heterocycles. The summed E-state index contributed by atoms with van der Waals surface area (Å²) in [5.74, 6) is 0.859. The molecule has 1 unspecified atom stereocenters. The summed E-state index contributed by atoms with van der Waals surface area (Å²) in [4.78, 5) is 4.54. The van der Waals surface area contributed by atoms with Crippen LogP contribution < -0.4 is 10.6 Å². The van der Waals surface area contributed by atoms with Crippen molar-refractivity contribution in [3.8, 4) is 0 Å². The summed E-state index contributed by atoms with van der Waals surface area (Å²) in [6.07, 6.45) is 0.432. The molecule has 6 heteroatoms. The number of nitrogens with zero attached hydrogens (tertiary/aromatic N) is 1. The van der Waals surface area contributed by atoms with Crippen LogP contribution in [0.2, 0.25) is 0 Å². The minimum atomic E-state index is -4.29. The third-order valence-corrected chi connectivity index (χ3v) is 4.29. The van der Waals surface area contributed by atoms with Gasteiger partial charge in [-0.15, -0.1) is 0 Å². The van der Waals surface area contributed by atoms with E-state index in [2.05, 4.69) is 15.6 Å². The number of hydrogen-bond donors (Lipinski definition) is 2. The van der Waals surface area contributed by atoms with Gasteiger partial charge in [0.25, 0.3) is 0 Å². The van der Waals surface area contributed by atoms with Gasteiger partial charge in [-0.3, -0.25) is 4.99 Å². The molecule has 1 aromatic rings. The molecule has 1 aliphatic heterocycles. The van der Waals surface area contributed by atoms with Crippen LogP contribution in [0.5, 0.6) is 0 Å². The van der Waals surface area contributed by atoms with Crippen LogP contribution in [0.15, 0.2) is 29.3 Å². The number of halogens is 3. The smallest absolute Gasteiger partial charge is 0.370 e. The molecule has 0 bridgehead atoms. The third-order valence-electron chi connectivity index (χ3n) is 4.29. The Morgan fingerprint density at radius 1 is 1.09 bits per heavy atom. The fraction of sp³-hybridized carbons (Fsp3) is 0.562. The summed E-state index contributed by atoms with van der Waals surface area (Å²) in [5.41, 5.74) is 0.200. The van der Waals surface area contributed by atoms with E-state index in [4.69, 9.17) is 0 Å². The number of amidine groups is 1. The Balaban J connectivity index is 1.76. The average Bonchev–Trinajstić information content (AvgIpc) is 3.00. The van der Waals surface area contributed by atoms with Gasteiger partial charge in [-0.1, -0.05) is 25.0 Å². The van der Waals surface area contributed by atoms with E-state index in [9.17, 15) is 13.2 Å². The maximum absolute atomic E-state index is 12.7. The lowest BCUT2D eigenvalue weighted by Gasteiger charge is -2.28. The highest BCUT2D eigenvalue weighted by Gasteiger charge is 2.31. The van der Waals surface area contributed by atoms with Crippen LogP contribution >= 0.6 is 0 Å². The zero-order valence-electron chi connectivity index (χ0n) is 12.3. The van der Waals surface area contributed by atoms with Crippen LogP contribution in [0.1, 0.15) is 42.9 Å². The summed E-state index contributed by atoms with van der Waals surface area (Å²) >= 11 is 0. The lowest BCUT2D eigenvalue weighted by atomic mass is 10.0. The van der Waals surface area contributed by atoms with Gasteiger partial charge in [-0.2, -0.15) is 13.2 Å². The Bertz CT molecular complexity index is 531. The van der Waals surface area contributed by atoms with Crippen molar-refractivity contribution in [3.05, 3.63) is 35.4 Å². The van der Waals surface area contributed by atoms with Gasteiger partial charge < -0.3 is 10.6 Å². The molecule has 1 fully saturated rings. The Labute approximate surface area is 128 Å². The highest BCUT2D eigenvalue weighted by molar-refractivity contribution is 5.89. The third kappa shape index (κ3) is 3.43. The van der Waals surface area contributed by atoms with Crippen LogP contribution in [-0.2, 0) is 6.18 Å². The molecule has 3 nitrogen and oxygen atoms in total. The van der Waals surface area contributed by atoms with E-state index < -0.39 is 11.7 Å². The fourth-order valence-electron chi connectivity index (χ4n) is 3.12. The predicted molar refractivity (Wildman–Crippen MR) is 79.9 cm³/mol. The minimum absolute atomic E-state index is 0.142. The van der Waals surface area contributed by atoms with Gasteiger partial charge in [-0.25, -0.2) is 0 Å². The number of rotatable bonds is 2. The van der Waals surface area contributed by atoms with E-state index in [1.54, 1.807) is 0 Å². The molecule has 3 rings (SSSR count). The second kappa shape index (κ2) is 6.28. The van der Waals surface area contributed by atoms with Crippen molar-refractivity contribution in [2.24, 2.45) is 4.99 Å². The van der Waals surface area contributed by atoms with Crippen molar-refractivity contribution in [2.75, 3.05) is 13.1 Å². The Kier molecular flexibility index (Phi) is 4.38. The molecule has 1 aliphatic carbocycles. The summed E-state index contributed by atoms with van der Waals surface area (Å²) < 4.78 is 38.0. The van der Waals surface area contributed by atoms with Gasteiger partial charge in [0.15, 0.2) is 0 Å². The highest BCUT2D eigenvalue weighted by Crippen LogP contribution is 2.30. The quantitative estimate of drug-likeness (QED) is 0.879. The normalized spacial score (nSPS) is 23.4. The zero-order chi connectivity index (χ0) is 15.6. The standard InChI is InChI=1S/C16H20F3N3/c17-16(18,19)12-7-5-11(6-8-12)14-15(21-10-9-20-14)22-13-3-1-2-4-13/h5-8,13-14,20H,1-4,9-10H2,(H,21,22). The monoisotopic (exact) mass is 311 g/mol. The molecule has 1 atom stereocenters. The first-order valence-corrected chi connectivity index (χ1v) is 7.75. The molecular weight excluding hydrogens is 291 g/mol. The van der Waals surface area contributed by atoms with E-state index in [-0.39, 0.29) is 6.04 Å². The number of benzene rings is 1. The fourth-order valence-corrected chi connectivity index (χ4v) is 3.12. The van der Waals surface area contributed by atoms with Crippen molar-refractivity contribution in [3.63, 3.8) is 0 Å². The van der Waals surface area contributed by atoms with E-state index in [0.29, 0.717) is 12.6 Å². The SMILES string of the molecule is FC(F)(F)c1ccc(C2NCCN=C2NC2CCCC2)cc1. The van der Waals surface area contributed by atoms with Crippen LogP contribution in [0.3, 0.4) is 0 Å². The van der Waals surface area contributed by atoms with Crippen molar-refractivity contribution in [2.45, 2.75) is 43.9 Å². The molecular formula is C16H20F3N3. The van der Waals surface area contributed by atoms with E-state index in [1.807, 2.05) is 0 Å². The first-order valence-electron chi connectivity index (χ1n) is 7.75. The number of hydrogen-bond acceptors (Lipinski definition) is 3. The molecule has 0 spiro atoms. The second-order valence-corrected chi connectivity index (χ2v) is 5.90. The number of nitrogens with one attached hydrogen (secondary N) is 2. The van der Waals surface area contributed by atoms with Crippen molar-refractivity contribution in [1.29, 1.82) is 0 Å². The maximum atomic E-state index is 12.7. The van der Waals surface area contributed by atoms with Gasteiger partial charge in [0.1, 0.15) is 5.84 Å². The number of alkyl halides is 3. The largest absolute Gasteiger partial charge is 0.416 e. The van der Waals surface area contributed by atoms with Crippen molar-refractivity contribution in [1.82, 2.24) is 10.6 Å². The molecule has 22 heavy (non-hydrogen) atoms. The van der Waals surface area contributed by atoms with Gasteiger partial charge in [0.2, 0.25) is 0 Å². The first-order chi connectivity index (χ1) is 10.5. The second-order valence-electron chi connectivity index (χ2n) is 5.90. The molecule has 2 aliphatic rings. The summed E-state index contributed by atoms with van der Waals surface area (Å²) in [6, 6.07) is 5.65. The predicted octanol–water partition coefficient (Wildman–Crippen LogP) is 3.28. The molecule has 120 valence electrons. The Morgan fingerprint density at radius 2 is 1.77 bits per heavy atom. The van der Waals surface area contributed by atoms with Crippen LogP contribution in [0, 0.1) is 0 Å². The molecule has 1 heterocycles. The van der Waals surface area contributed by atoms with Gasteiger partial charge in [0.05, 0.1) is 18.2 Å². The molecule has 2 N–H and O–H groups in total. The maximum Gasteiger partial charge on any atom is 0.416 e. The first kappa shape index (κ1) is 15.3. The summed E-state index contributed by atoms with van der Waals surface area (Å²) in [7, 11) is 0. The van der Waals surface area contributed by atoms with E-state index >= 15 is 0 Å². The lowest BCUT2D eigenvalue weighted by molar-refractivity contribution is -0.137. The van der Waals surface area contributed by atoms with Gasteiger partial charge >= 0.3 is 6.18 Å². The number of aliphatic imine (C=N–C) groups is 1. The highest BCUT2D eigenvalue weighted by atomic mass is 19.4.